The van der Waals surface area contributed by atoms with Crippen LogP contribution in [0.25, 0.3) is 0 Å². The number of hydrogen-bond donors (Lipinski definition) is 0. The van der Waals surface area contributed by atoms with E-state index in [1.807, 2.05) is 0 Å². The molecule has 0 N–H and O–H groups in total. The van der Waals surface area contributed by atoms with Crippen molar-refractivity contribution in [2.24, 2.45) is 0 Å². The minimum atomic E-state index is -3.98. The van der Waals surface area contributed by atoms with Gasteiger partial charge in [0.25, 0.3) is 0 Å². The van der Waals surface area contributed by atoms with E-state index < -0.39 is 21.2 Å². The van der Waals surface area contributed by atoms with Gasteiger partial charge in [-0.2, -0.15) is 8.42 Å². The van der Waals surface area contributed by atoms with E-state index in [-0.39, 0.29) is 6.42 Å². The first-order valence-corrected chi connectivity index (χ1v) is 7.94. The second-order valence-electron chi connectivity index (χ2n) is 2.85. The van der Waals surface area contributed by atoms with Crippen molar-refractivity contribution in [1.82, 2.24) is 9.29 Å². The molecule has 0 aromatic carbocycles. The molecular weight excluding hydrogens is 375 g/mol. The predicted octanol–water partition coefficient (Wildman–Crippen LogP) is 1.50. The summed E-state index contributed by atoms with van der Waals surface area (Å²) in [7, 11) is 1.15. The molecule has 82 valence electrons. The van der Waals surface area contributed by atoms with Gasteiger partial charge in [0, 0.05) is 10.7 Å². The number of β-lactam (4-membered cyclic amide) rings is 1. The number of hydrogen-bond acceptors (Lipinski definition) is 5. The van der Waals surface area contributed by atoms with Crippen molar-refractivity contribution in [3.63, 3.8) is 0 Å². The van der Waals surface area contributed by atoms with Crippen LogP contribution in [0.5, 0.6) is 0 Å². The van der Waals surface area contributed by atoms with E-state index in [4.69, 9.17) is 10.7 Å². The summed E-state index contributed by atoms with van der Waals surface area (Å²) in [6, 6.07) is -0.520. The molecule has 0 radical (unpaired) electrons. The normalized spacial score (nSPS) is 21.6. The molecule has 1 aliphatic heterocycles. The number of carbonyl (C=O) groups is 1. The van der Waals surface area contributed by atoms with Crippen molar-refractivity contribution in [3.8, 4) is 0 Å². The van der Waals surface area contributed by atoms with Crippen LogP contribution < -0.4 is 0 Å². The topological polar surface area (TPSA) is 67.3 Å². The molecule has 2 rings (SSSR count). The van der Waals surface area contributed by atoms with Gasteiger partial charge in [0.1, 0.15) is 11.0 Å². The molecule has 1 unspecified atom stereocenters. The van der Waals surface area contributed by atoms with E-state index in [1.165, 1.54) is 11.3 Å². The van der Waals surface area contributed by atoms with Crippen molar-refractivity contribution in [3.05, 3.63) is 14.1 Å². The zero-order valence-electron chi connectivity index (χ0n) is 7.05. The molecule has 2 heterocycles. The number of amides is 1. The Kier molecular flexibility index (Phi) is 2.95. The minimum absolute atomic E-state index is 0.148. The summed E-state index contributed by atoms with van der Waals surface area (Å²) in [4.78, 5) is 15.1. The van der Waals surface area contributed by atoms with Gasteiger partial charge in [0.2, 0.25) is 5.91 Å². The highest BCUT2D eigenvalue weighted by Crippen LogP contribution is 2.39. The Balaban J connectivity index is 2.30. The van der Waals surface area contributed by atoms with Gasteiger partial charge in [-0.15, -0.1) is 11.3 Å². The summed E-state index contributed by atoms with van der Waals surface area (Å²) in [5.74, 6) is -0.486. The second kappa shape index (κ2) is 3.82. The number of aromatic nitrogens is 1. The lowest BCUT2D eigenvalue weighted by Crippen LogP contribution is -2.47. The second-order valence-corrected chi connectivity index (χ2v) is 8.20. The summed E-state index contributed by atoms with van der Waals surface area (Å²) in [5, 5.41) is 0.600. The van der Waals surface area contributed by atoms with Crippen molar-refractivity contribution in [2.45, 2.75) is 12.5 Å². The monoisotopic (exact) mass is 378 g/mol. The van der Waals surface area contributed by atoms with E-state index in [2.05, 4.69) is 27.6 Å². The fourth-order valence-corrected chi connectivity index (χ4v) is 4.22. The van der Waals surface area contributed by atoms with Gasteiger partial charge in [0.15, 0.2) is 0 Å². The fraction of sp³-hybridized carbons (Fsp3) is 0.333. The van der Waals surface area contributed by atoms with Gasteiger partial charge in [-0.3, -0.25) is 4.79 Å². The Hall–Kier alpha value is 0.0700. The van der Waals surface area contributed by atoms with Crippen molar-refractivity contribution in [1.29, 1.82) is 0 Å². The molecule has 0 spiro atoms. The molecule has 1 aliphatic rings. The van der Waals surface area contributed by atoms with Crippen LogP contribution in [-0.2, 0) is 14.0 Å². The summed E-state index contributed by atoms with van der Waals surface area (Å²) in [5.41, 5.74) is 0. The van der Waals surface area contributed by atoms with Crippen LogP contribution in [-0.4, -0.2) is 23.6 Å². The first kappa shape index (κ1) is 11.6. The van der Waals surface area contributed by atoms with Gasteiger partial charge in [-0.25, -0.2) is 9.29 Å². The first-order valence-electron chi connectivity index (χ1n) is 3.77. The van der Waals surface area contributed by atoms with Crippen LogP contribution in [0.4, 0.5) is 0 Å². The van der Waals surface area contributed by atoms with Crippen molar-refractivity contribution in [2.75, 3.05) is 0 Å². The maximum atomic E-state index is 11.1. The molecule has 1 amide bonds. The standard InChI is InChI=1S/C6H4ClIN2O3S2/c7-15(12,13)10-3(1-5(10)11)6-9-2-4(8)14-6/h2-3H,1H2. The lowest BCUT2D eigenvalue weighted by Gasteiger charge is -2.35. The van der Waals surface area contributed by atoms with E-state index in [0.29, 0.717) is 9.31 Å². The van der Waals surface area contributed by atoms with Crippen LogP contribution in [0, 0.1) is 2.88 Å². The van der Waals surface area contributed by atoms with Crippen molar-refractivity contribution < 1.29 is 13.2 Å². The van der Waals surface area contributed by atoms with Gasteiger partial charge >= 0.3 is 9.24 Å². The highest BCUT2D eigenvalue weighted by atomic mass is 127. The van der Waals surface area contributed by atoms with Crippen LogP contribution >= 0.6 is 44.6 Å². The molecular formula is C6H4ClIN2O3S2. The van der Waals surface area contributed by atoms with Crippen LogP contribution in [0.15, 0.2) is 6.20 Å². The molecule has 1 saturated heterocycles. The zero-order chi connectivity index (χ0) is 11.2. The molecule has 0 bridgehead atoms. The molecule has 1 aromatic rings. The van der Waals surface area contributed by atoms with E-state index >= 15 is 0 Å². The van der Waals surface area contributed by atoms with Gasteiger partial charge in [-0.1, -0.05) is 0 Å². The predicted molar refractivity (Wildman–Crippen MR) is 63.8 cm³/mol. The molecule has 1 fully saturated rings. The zero-order valence-corrected chi connectivity index (χ0v) is 11.6. The average Bonchev–Trinajstić information content (AvgIpc) is 2.43. The highest BCUT2D eigenvalue weighted by molar-refractivity contribution is 14.1. The fourth-order valence-electron chi connectivity index (χ4n) is 1.28. The van der Waals surface area contributed by atoms with Crippen LogP contribution in [0.3, 0.4) is 0 Å². The summed E-state index contributed by atoms with van der Waals surface area (Å²) in [6.45, 7) is 0. The smallest absolute Gasteiger partial charge is 0.274 e. The quantitative estimate of drug-likeness (QED) is 0.444. The Morgan fingerprint density at radius 3 is 2.73 bits per heavy atom. The van der Waals surface area contributed by atoms with Crippen LogP contribution in [0.1, 0.15) is 17.5 Å². The highest BCUT2D eigenvalue weighted by Gasteiger charge is 2.46. The Bertz CT molecular complexity index is 514. The van der Waals surface area contributed by atoms with E-state index in [0.717, 1.165) is 2.88 Å². The number of carbonyl (C=O) groups excluding carboxylic acids is 1. The van der Waals surface area contributed by atoms with E-state index in [1.54, 1.807) is 6.20 Å². The molecule has 1 atom stereocenters. The third-order valence-corrected chi connectivity index (χ3v) is 5.11. The summed E-state index contributed by atoms with van der Waals surface area (Å²) < 4.78 is 23.7. The minimum Gasteiger partial charge on any atom is -0.274 e. The van der Waals surface area contributed by atoms with Gasteiger partial charge < -0.3 is 0 Å². The maximum Gasteiger partial charge on any atom is 0.324 e. The molecule has 0 aliphatic carbocycles. The largest absolute Gasteiger partial charge is 0.324 e. The van der Waals surface area contributed by atoms with Crippen molar-refractivity contribution >= 4 is 59.8 Å². The third kappa shape index (κ3) is 2.12. The van der Waals surface area contributed by atoms with Crippen LogP contribution in [0.2, 0.25) is 0 Å². The number of thiazole rings is 1. The Morgan fingerprint density at radius 2 is 2.33 bits per heavy atom. The van der Waals surface area contributed by atoms with Gasteiger partial charge in [0.05, 0.1) is 15.5 Å². The maximum absolute atomic E-state index is 11.1. The van der Waals surface area contributed by atoms with E-state index in [9.17, 15) is 13.2 Å². The Morgan fingerprint density at radius 1 is 1.67 bits per heavy atom. The lowest BCUT2D eigenvalue weighted by molar-refractivity contribution is -0.137. The molecule has 15 heavy (non-hydrogen) atoms. The molecule has 5 nitrogen and oxygen atoms in total. The average molecular weight is 379 g/mol. The molecule has 0 saturated carbocycles. The number of rotatable bonds is 2. The number of nitrogens with zero attached hydrogens (tertiary/aromatic N) is 2. The summed E-state index contributed by atoms with van der Waals surface area (Å²) in [6.07, 6.45) is 1.78. The lowest BCUT2D eigenvalue weighted by atomic mass is 10.1. The number of halogens is 2. The summed E-state index contributed by atoms with van der Waals surface area (Å²) >= 11 is 3.43. The first-order chi connectivity index (χ1) is 6.89. The molecule has 1 aromatic heterocycles. The Labute approximate surface area is 108 Å². The SMILES string of the molecule is O=C1CC(c2ncc(I)s2)N1S(=O)(=O)Cl. The van der Waals surface area contributed by atoms with Gasteiger partial charge in [-0.05, 0) is 22.6 Å². The third-order valence-electron chi connectivity index (χ3n) is 1.91. The molecule has 9 heteroatoms.